The van der Waals surface area contributed by atoms with Crippen LogP contribution in [0.4, 0.5) is 5.82 Å². The van der Waals surface area contributed by atoms with Crippen LogP contribution in [0.3, 0.4) is 0 Å². The molecule has 1 aromatic rings. The van der Waals surface area contributed by atoms with Gasteiger partial charge < -0.3 is 15.8 Å². The molecule has 2 heterocycles. The molecule has 17 heavy (non-hydrogen) atoms. The number of nitrogen functional groups attached to an aromatic ring is 1. The lowest BCUT2D eigenvalue weighted by atomic mass is 10.4. The Kier molecular flexibility index (Phi) is 4.66. The average Bonchev–Trinajstić information content (AvgIpc) is 2.36. The van der Waals surface area contributed by atoms with E-state index in [1.54, 1.807) is 12.3 Å². The molecular weight excluding hydrogens is 218 g/mol. The zero-order valence-corrected chi connectivity index (χ0v) is 9.93. The molecule has 1 aromatic heterocycles. The number of hydrogen-bond donors (Lipinski definition) is 2. The number of morpholine rings is 1. The van der Waals surface area contributed by atoms with E-state index in [0.717, 1.165) is 45.2 Å². The molecule has 6 nitrogen and oxygen atoms in total. The molecule has 0 aliphatic carbocycles. The Morgan fingerprint density at radius 2 is 2.24 bits per heavy atom. The Balaban J connectivity index is 1.62. The van der Waals surface area contributed by atoms with Crippen molar-refractivity contribution in [2.75, 3.05) is 45.1 Å². The van der Waals surface area contributed by atoms with E-state index < -0.39 is 0 Å². The maximum absolute atomic E-state index is 5.58. The van der Waals surface area contributed by atoms with Gasteiger partial charge in [-0.1, -0.05) is 0 Å². The smallest absolute Gasteiger partial charge is 0.144 e. The fourth-order valence-electron chi connectivity index (χ4n) is 1.76. The summed E-state index contributed by atoms with van der Waals surface area (Å²) in [6.45, 7) is 6.36. The number of rotatable bonds is 5. The monoisotopic (exact) mass is 237 g/mol. The van der Waals surface area contributed by atoms with Gasteiger partial charge in [0.05, 0.1) is 19.8 Å². The minimum atomic E-state index is 0.518. The molecule has 0 amide bonds. The minimum absolute atomic E-state index is 0.518. The van der Waals surface area contributed by atoms with Crippen LogP contribution in [0, 0.1) is 0 Å². The van der Waals surface area contributed by atoms with Crippen molar-refractivity contribution < 1.29 is 4.74 Å². The van der Waals surface area contributed by atoms with Crippen LogP contribution in [0.15, 0.2) is 12.3 Å². The molecular formula is C11H19N5O. The first-order valence-electron chi connectivity index (χ1n) is 5.93. The van der Waals surface area contributed by atoms with Gasteiger partial charge in [0.1, 0.15) is 11.6 Å². The third kappa shape index (κ3) is 4.26. The van der Waals surface area contributed by atoms with Crippen molar-refractivity contribution in [2.45, 2.75) is 6.54 Å². The van der Waals surface area contributed by atoms with Gasteiger partial charge in [0.25, 0.3) is 0 Å². The van der Waals surface area contributed by atoms with E-state index in [4.69, 9.17) is 10.5 Å². The summed E-state index contributed by atoms with van der Waals surface area (Å²) in [6.07, 6.45) is 1.68. The number of anilines is 1. The fourth-order valence-corrected chi connectivity index (χ4v) is 1.76. The van der Waals surface area contributed by atoms with Crippen LogP contribution >= 0.6 is 0 Å². The largest absolute Gasteiger partial charge is 0.384 e. The van der Waals surface area contributed by atoms with E-state index >= 15 is 0 Å². The van der Waals surface area contributed by atoms with Crippen LogP contribution in [0.25, 0.3) is 0 Å². The highest BCUT2D eigenvalue weighted by Crippen LogP contribution is 1.96. The summed E-state index contributed by atoms with van der Waals surface area (Å²) in [5.41, 5.74) is 5.58. The molecule has 0 unspecified atom stereocenters. The van der Waals surface area contributed by atoms with Gasteiger partial charge in [-0.2, -0.15) is 0 Å². The molecule has 0 saturated carbocycles. The highest BCUT2D eigenvalue weighted by Gasteiger charge is 2.08. The number of nitrogens with one attached hydrogen (secondary N) is 1. The first kappa shape index (κ1) is 12.2. The van der Waals surface area contributed by atoms with Crippen molar-refractivity contribution in [2.24, 2.45) is 0 Å². The van der Waals surface area contributed by atoms with Crippen LogP contribution in [-0.4, -0.2) is 54.3 Å². The summed E-state index contributed by atoms with van der Waals surface area (Å²) in [4.78, 5) is 10.7. The summed E-state index contributed by atoms with van der Waals surface area (Å²) in [5.74, 6) is 1.26. The van der Waals surface area contributed by atoms with Crippen molar-refractivity contribution in [3.8, 4) is 0 Å². The maximum Gasteiger partial charge on any atom is 0.144 e. The van der Waals surface area contributed by atoms with Crippen LogP contribution in [0.2, 0.25) is 0 Å². The summed E-state index contributed by atoms with van der Waals surface area (Å²) >= 11 is 0. The van der Waals surface area contributed by atoms with Gasteiger partial charge in [-0.05, 0) is 6.07 Å². The molecule has 1 fully saturated rings. The zero-order valence-electron chi connectivity index (χ0n) is 9.93. The van der Waals surface area contributed by atoms with E-state index in [9.17, 15) is 0 Å². The third-order valence-electron chi connectivity index (χ3n) is 2.72. The molecule has 0 atom stereocenters. The second-order valence-electron chi connectivity index (χ2n) is 4.03. The number of nitrogens with zero attached hydrogens (tertiary/aromatic N) is 3. The standard InChI is InChI=1S/C11H19N5O/c12-10-1-2-14-11(15-10)9-13-3-4-16-5-7-17-8-6-16/h1-2,13H,3-9H2,(H2,12,14,15). The van der Waals surface area contributed by atoms with Crippen molar-refractivity contribution in [1.82, 2.24) is 20.2 Å². The molecule has 2 rings (SSSR count). The predicted molar refractivity (Wildman–Crippen MR) is 65.4 cm³/mol. The normalized spacial score (nSPS) is 17.2. The molecule has 1 aliphatic rings. The van der Waals surface area contributed by atoms with Gasteiger partial charge in [0.2, 0.25) is 0 Å². The summed E-state index contributed by atoms with van der Waals surface area (Å²) in [5, 5.41) is 3.31. The van der Waals surface area contributed by atoms with Gasteiger partial charge in [-0.25, -0.2) is 9.97 Å². The SMILES string of the molecule is Nc1ccnc(CNCCN2CCOCC2)n1. The lowest BCUT2D eigenvalue weighted by molar-refractivity contribution is 0.0384. The predicted octanol–water partition coefficient (Wildman–Crippen LogP) is -0.519. The number of ether oxygens (including phenoxy) is 1. The van der Waals surface area contributed by atoms with Crippen LogP contribution < -0.4 is 11.1 Å². The van der Waals surface area contributed by atoms with E-state index in [2.05, 4.69) is 20.2 Å². The van der Waals surface area contributed by atoms with E-state index in [1.165, 1.54) is 0 Å². The molecule has 1 saturated heterocycles. The molecule has 6 heteroatoms. The number of aromatic nitrogens is 2. The molecule has 3 N–H and O–H groups in total. The molecule has 0 bridgehead atoms. The lowest BCUT2D eigenvalue weighted by Crippen LogP contribution is -2.40. The van der Waals surface area contributed by atoms with Crippen molar-refractivity contribution in [3.05, 3.63) is 18.1 Å². The van der Waals surface area contributed by atoms with E-state index in [0.29, 0.717) is 12.4 Å². The summed E-state index contributed by atoms with van der Waals surface area (Å²) in [6, 6.07) is 1.69. The Morgan fingerprint density at radius 3 is 3.00 bits per heavy atom. The van der Waals surface area contributed by atoms with Gasteiger partial charge in [-0.15, -0.1) is 0 Å². The van der Waals surface area contributed by atoms with E-state index in [1.807, 2.05) is 0 Å². The van der Waals surface area contributed by atoms with E-state index in [-0.39, 0.29) is 0 Å². The first-order chi connectivity index (χ1) is 8.34. The van der Waals surface area contributed by atoms with Gasteiger partial charge in [0, 0.05) is 32.4 Å². The Morgan fingerprint density at radius 1 is 1.41 bits per heavy atom. The highest BCUT2D eigenvalue weighted by molar-refractivity contribution is 5.24. The molecule has 0 aromatic carbocycles. The van der Waals surface area contributed by atoms with Crippen molar-refractivity contribution in [3.63, 3.8) is 0 Å². The Hall–Kier alpha value is -1.24. The number of nitrogens with two attached hydrogens (primary N) is 1. The quantitative estimate of drug-likeness (QED) is 0.671. The third-order valence-corrected chi connectivity index (χ3v) is 2.72. The minimum Gasteiger partial charge on any atom is -0.384 e. The van der Waals surface area contributed by atoms with Gasteiger partial charge in [-0.3, -0.25) is 4.90 Å². The van der Waals surface area contributed by atoms with Crippen molar-refractivity contribution >= 4 is 5.82 Å². The van der Waals surface area contributed by atoms with Crippen LogP contribution in [0.5, 0.6) is 0 Å². The van der Waals surface area contributed by atoms with Crippen LogP contribution in [-0.2, 0) is 11.3 Å². The molecule has 0 radical (unpaired) electrons. The second kappa shape index (κ2) is 6.48. The maximum atomic E-state index is 5.58. The second-order valence-corrected chi connectivity index (χ2v) is 4.03. The van der Waals surface area contributed by atoms with Crippen LogP contribution in [0.1, 0.15) is 5.82 Å². The Bertz CT molecular complexity index is 340. The Labute approximate surface area is 101 Å². The number of hydrogen-bond acceptors (Lipinski definition) is 6. The van der Waals surface area contributed by atoms with Crippen molar-refractivity contribution in [1.29, 1.82) is 0 Å². The molecule has 0 spiro atoms. The average molecular weight is 237 g/mol. The summed E-state index contributed by atoms with van der Waals surface area (Å²) < 4.78 is 5.29. The first-order valence-corrected chi connectivity index (χ1v) is 5.93. The fraction of sp³-hybridized carbons (Fsp3) is 0.636. The summed E-state index contributed by atoms with van der Waals surface area (Å²) in [7, 11) is 0. The zero-order chi connectivity index (χ0) is 11.9. The topological polar surface area (TPSA) is 76.3 Å². The van der Waals surface area contributed by atoms with Gasteiger partial charge >= 0.3 is 0 Å². The van der Waals surface area contributed by atoms with Gasteiger partial charge in [0.15, 0.2) is 0 Å². The highest BCUT2D eigenvalue weighted by atomic mass is 16.5. The molecule has 1 aliphatic heterocycles. The molecule has 94 valence electrons. The lowest BCUT2D eigenvalue weighted by Gasteiger charge is -2.26.